The second-order valence-electron chi connectivity index (χ2n) is 6.84. The molecule has 0 saturated carbocycles. The zero-order chi connectivity index (χ0) is 21.2. The molecule has 0 saturated heterocycles. The minimum atomic E-state index is 0.310. The molecule has 1 aromatic carbocycles. The molecule has 4 aromatic heterocycles. The van der Waals surface area contributed by atoms with Gasteiger partial charge in [0.2, 0.25) is 5.95 Å². The fraction of sp³-hybridized carbons (Fsp3) is 0.130. The minimum Gasteiger partial charge on any atom is -0.488 e. The number of anilines is 1. The fourth-order valence-electron chi connectivity index (χ4n) is 3.62. The topological polar surface area (TPSA) is 100 Å². The van der Waals surface area contributed by atoms with Gasteiger partial charge in [-0.1, -0.05) is 30.3 Å². The SMILES string of the molecule is CCOc1nccc(-c2c3c(OCc4ccccc4)ccnc3n3c(N)nccc23)n1. The smallest absolute Gasteiger partial charge is 0.316 e. The summed E-state index contributed by atoms with van der Waals surface area (Å²) in [6, 6.07) is 15.9. The highest BCUT2D eigenvalue weighted by Crippen LogP contribution is 2.40. The van der Waals surface area contributed by atoms with Crippen molar-refractivity contribution < 1.29 is 9.47 Å². The number of nitrogen functional groups attached to an aromatic ring is 1. The number of nitrogens with two attached hydrogens (primary N) is 1. The van der Waals surface area contributed by atoms with E-state index in [9.17, 15) is 0 Å². The normalized spacial score (nSPS) is 11.1. The molecule has 0 unspecified atom stereocenters. The van der Waals surface area contributed by atoms with Gasteiger partial charge in [0.05, 0.1) is 23.2 Å². The van der Waals surface area contributed by atoms with E-state index in [4.69, 9.17) is 15.2 Å². The van der Waals surface area contributed by atoms with Crippen LogP contribution in [0.3, 0.4) is 0 Å². The van der Waals surface area contributed by atoms with E-state index >= 15 is 0 Å². The fourth-order valence-corrected chi connectivity index (χ4v) is 3.62. The van der Waals surface area contributed by atoms with Crippen LogP contribution in [0.5, 0.6) is 11.8 Å². The Balaban J connectivity index is 1.74. The van der Waals surface area contributed by atoms with Gasteiger partial charge < -0.3 is 15.2 Å². The molecule has 4 heterocycles. The molecular weight excluding hydrogens is 392 g/mol. The molecule has 0 bridgehead atoms. The van der Waals surface area contributed by atoms with Crippen molar-refractivity contribution in [2.75, 3.05) is 12.3 Å². The highest BCUT2D eigenvalue weighted by Gasteiger charge is 2.21. The van der Waals surface area contributed by atoms with Gasteiger partial charge in [-0.3, -0.25) is 4.40 Å². The lowest BCUT2D eigenvalue weighted by Crippen LogP contribution is -2.00. The molecule has 0 spiro atoms. The highest BCUT2D eigenvalue weighted by atomic mass is 16.5. The van der Waals surface area contributed by atoms with Gasteiger partial charge in [0.15, 0.2) is 5.65 Å². The van der Waals surface area contributed by atoms with E-state index in [0.29, 0.717) is 42.3 Å². The quantitative estimate of drug-likeness (QED) is 0.451. The van der Waals surface area contributed by atoms with Crippen LogP contribution in [-0.4, -0.2) is 30.9 Å². The van der Waals surface area contributed by atoms with Gasteiger partial charge in [0.1, 0.15) is 12.4 Å². The molecule has 0 fully saturated rings. The number of hydrogen-bond donors (Lipinski definition) is 1. The lowest BCUT2D eigenvalue weighted by atomic mass is 10.1. The minimum absolute atomic E-state index is 0.310. The molecule has 0 amide bonds. The molecule has 154 valence electrons. The maximum Gasteiger partial charge on any atom is 0.316 e. The Morgan fingerprint density at radius 2 is 1.71 bits per heavy atom. The molecule has 8 nitrogen and oxygen atoms in total. The molecule has 0 aliphatic carbocycles. The second kappa shape index (κ2) is 7.91. The van der Waals surface area contributed by atoms with Crippen molar-refractivity contribution >= 4 is 22.5 Å². The Kier molecular flexibility index (Phi) is 4.80. The zero-order valence-corrected chi connectivity index (χ0v) is 16.9. The van der Waals surface area contributed by atoms with Gasteiger partial charge in [-0.05, 0) is 30.7 Å². The van der Waals surface area contributed by atoms with Crippen molar-refractivity contribution in [3.8, 4) is 23.0 Å². The largest absolute Gasteiger partial charge is 0.488 e. The summed E-state index contributed by atoms with van der Waals surface area (Å²) in [7, 11) is 0. The van der Waals surface area contributed by atoms with E-state index in [1.54, 1.807) is 18.6 Å². The second-order valence-corrected chi connectivity index (χ2v) is 6.84. The third-order valence-electron chi connectivity index (χ3n) is 4.92. The zero-order valence-electron chi connectivity index (χ0n) is 16.9. The van der Waals surface area contributed by atoms with E-state index in [1.165, 1.54) is 0 Å². The predicted octanol–water partition coefficient (Wildman–Crippen LogP) is 3.90. The summed E-state index contributed by atoms with van der Waals surface area (Å²) in [5, 5.41) is 0.805. The molecule has 5 rings (SSSR count). The highest BCUT2D eigenvalue weighted by molar-refractivity contribution is 6.07. The molecule has 8 heteroatoms. The van der Waals surface area contributed by atoms with Gasteiger partial charge >= 0.3 is 6.01 Å². The molecule has 2 N–H and O–H groups in total. The summed E-state index contributed by atoms with van der Waals surface area (Å²) >= 11 is 0. The molecule has 0 atom stereocenters. The maximum atomic E-state index is 6.23. The summed E-state index contributed by atoms with van der Waals surface area (Å²) in [5.41, 5.74) is 10.3. The van der Waals surface area contributed by atoms with Crippen LogP contribution in [0, 0.1) is 0 Å². The average molecular weight is 412 g/mol. The first kappa shape index (κ1) is 18.8. The lowest BCUT2D eigenvalue weighted by Gasteiger charge is -2.09. The van der Waals surface area contributed by atoms with Crippen molar-refractivity contribution in [3.63, 3.8) is 0 Å². The van der Waals surface area contributed by atoms with E-state index < -0.39 is 0 Å². The van der Waals surface area contributed by atoms with Gasteiger partial charge in [-0.2, -0.15) is 4.98 Å². The Hall–Kier alpha value is -4.20. The lowest BCUT2D eigenvalue weighted by molar-refractivity contribution is 0.310. The maximum absolute atomic E-state index is 6.23. The molecule has 0 aliphatic heterocycles. The summed E-state index contributed by atoms with van der Waals surface area (Å²) < 4.78 is 13.5. The number of ether oxygens (including phenoxy) is 2. The Morgan fingerprint density at radius 3 is 2.55 bits per heavy atom. The van der Waals surface area contributed by atoms with Crippen molar-refractivity contribution in [2.24, 2.45) is 0 Å². The first-order valence-electron chi connectivity index (χ1n) is 9.93. The summed E-state index contributed by atoms with van der Waals surface area (Å²) in [4.78, 5) is 17.6. The number of pyridine rings is 1. The van der Waals surface area contributed by atoms with Crippen molar-refractivity contribution in [1.82, 2.24) is 24.3 Å². The van der Waals surface area contributed by atoms with Crippen LogP contribution in [0.15, 0.2) is 67.1 Å². The Labute approximate surface area is 178 Å². The van der Waals surface area contributed by atoms with E-state index in [2.05, 4.69) is 19.9 Å². The third-order valence-corrected chi connectivity index (χ3v) is 4.92. The van der Waals surface area contributed by atoms with Crippen LogP contribution in [0.4, 0.5) is 5.95 Å². The third kappa shape index (κ3) is 3.38. The summed E-state index contributed by atoms with van der Waals surface area (Å²) in [6.45, 7) is 2.79. The summed E-state index contributed by atoms with van der Waals surface area (Å²) in [6.07, 6.45) is 5.05. The molecule has 5 aromatic rings. The Morgan fingerprint density at radius 1 is 0.903 bits per heavy atom. The van der Waals surface area contributed by atoms with Crippen molar-refractivity contribution in [3.05, 3.63) is 72.7 Å². The van der Waals surface area contributed by atoms with E-state index in [0.717, 1.165) is 22.0 Å². The van der Waals surface area contributed by atoms with Crippen LogP contribution in [0.2, 0.25) is 0 Å². The number of rotatable bonds is 6. The number of benzene rings is 1. The van der Waals surface area contributed by atoms with Gasteiger partial charge in [-0.25, -0.2) is 15.0 Å². The standard InChI is InChI=1S/C23H20N6O2/c1-2-30-23-27-11-8-16(28-23)19-17-9-12-26-22(24)29(17)21-20(19)18(10-13-25-21)31-14-15-6-4-3-5-7-15/h3-13H,2,14H2,1H3,(H2,24,26). The summed E-state index contributed by atoms with van der Waals surface area (Å²) in [5.74, 6) is 1.02. The van der Waals surface area contributed by atoms with Crippen LogP contribution in [0.1, 0.15) is 12.5 Å². The number of fused-ring (bicyclic) bond motifs is 3. The predicted molar refractivity (Wildman–Crippen MR) is 118 cm³/mol. The van der Waals surface area contributed by atoms with Gasteiger partial charge in [0.25, 0.3) is 0 Å². The van der Waals surface area contributed by atoms with E-state index in [-0.39, 0.29) is 0 Å². The Bertz CT molecular complexity index is 1370. The van der Waals surface area contributed by atoms with Crippen LogP contribution >= 0.6 is 0 Å². The monoisotopic (exact) mass is 412 g/mol. The molecule has 31 heavy (non-hydrogen) atoms. The van der Waals surface area contributed by atoms with Crippen LogP contribution < -0.4 is 15.2 Å². The number of hydrogen-bond acceptors (Lipinski definition) is 7. The number of nitrogens with zero attached hydrogens (tertiary/aromatic N) is 5. The number of aromatic nitrogens is 5. The average Bonchev–Trinajstić information content (AvgIpc) is 3.15. The molecular formula is C23H20N6O2. The first-order valence-corrected chi connectivity index (χ1v) is 9.93. The molecule has 0 radical (unpaired) electrons. The van der Waals surface area contributed by atoms with Crippen molar-refractivity contribution in [1.29, 1.82) is 0 Å². The van der Waals surface area contributed by atoms with Gasteiger partial charge in [-0.15, -0.1) is 0 Å². The first-order chi connectivity index (χ1) is 15.3. The van der Waals surface area contributed by atoms with Crippen LogP contribution in [-0.2, 0) is 6.61 Å². The van der Waals surface area contributed by atoms with E-state index in [1.807, 2.05) is 59.9 Å². The van der Waals surface area contributed by atoms with Gasteiger partial charge in [0, 0.05) is 24.2 Å². The molecule has 0 aliphatic rings. The van der Waals surface area contributed by atoms with Crippen LogP contribution in [0.25, 0.3) is 27.8 Å². The van der Waals surface area contributed by atoms with Crippen molar-refractivity contribution in [2.45, 2.75) is 13.5 Å².